The topological polar surface area (TPSA) is 62.2 Å². The molecule has 1 amide bonds. The zero-order valence-corrected chi connectivity index (χ0v) is 12.3. The zero-order valence-electron chi connectivity index (χ0n) is 12.3. The quantitative estimate of drug-likeness (QED) is 0.779. The SMILES string of the molecule is O=C(NCc1ccc(CO)c(F)c1)c1cccc2cccnc12. The lowest BCUT2D eigenvalue weighted by molar-refractivity contribution is 0.0952. The summed E-state index contributed by atoms with van der Waals surface area (Å²) in [5, 5.41) is 12.6. The van der Waals surface area contributed by atoms with E-state index in [1.807, 2.05) is 18.2 Å². The number of rotatable bonds is 4. The third-order valence-corrected chi connectivity index (χ3v) is 3.62. The third-order valence-electron chi connectivity index (χ3n) is 3.62. The fraction of sp³-hybridized carbons (Fsp3) is 0.111. The van der Waals surface area contributed by atoms with Gasteiger partial charge in [-0.1, -0.05) is 30.3 Å². The molecule has 2 aromatic carbocycles. The molecule has 0 aliphatic carbocycles. The lowest BCUT2D eigenvalue weighted by Gasteiger charge is -2.08. The third kappa shape index (κ3) is 3.19. The highest BCUT2D eigenvalue weighted by Crippen LogP contribution is 2.16. The molecule has 4 nitrogen and oxygen atoms in total. The van der Waals surface area contributed by atoms with Gasteiger partial charge in [-0.2, -0.15) is 0 Å². The molecule has 116 valence electrons. The maximum absolute atomic E-state index is 13.6. The molecule has 0 aliphatic heterocycles. The Morgan fingerprint density at radius 2 is 2.00 bits per heavy atom. The van der Waals surface area contributed by atoms with Gasteiger partial charge in [-0.25, -0.2) is 4.39 Å². The van der Waals surface area contributed by atoms with Crippen LogP contribution in [0.2, 0.25) is 0 Å². The molecule has 0 atom stereocenters. The molecule has 0 radical (unpaired) electrons. The summed E-state index contributed by atoms with van der Waals surface area (Å²) in [5.41, 5.74) is 1.98. The van der Waals surface area contributed by atoms with E-state index in [-0.39, 0.29) is 24.6 Å². The van der Waals surface area contributed by atoms with Crippen molar-refractivity contribution in [2.24, 2.45) is 0 Å². The molecular weight excluding hydrogens is 295 g/mol. The summed E-state index contributed by atoms with van der Waals surface area (Å²) in [7, 11) is 0. The largest absolute Gasteiger partial charge is 0.392 e. The van der Waals surface area contributed by atoms with Crippen molar-refractivity contribution in [3.05, 3.63) is 77.2 Å². The molecule has 0 saturated carbocycles. The van der Waals surface area contributed by atoms with Crippen molar-refractivity contribution < 1.29 is 14.3 Å². The maximum Gasteiger partial charge on any atom is 0.253 e. The fourth-order valence-electron chi connectivity index (χ4n) is 2.39. The molecule has 5 heteroatoms. The average Bonchev–Trinajstić information content (AvgIpc) is 2.59. The van der Waals surface area contributed by atoms with Gasteiger partial charge in [0.25, 0.3) is 5.91 Å². The van der Waals surface area contributed by atoms with Crippen molar-refractivity contribution in [2.45, 2.75) is 13.2 Å². The Morgan fingerprint density at radius 1 is 1.17 bits per heavy atom. The summed E-state index contributed by atoms with van der Waals surface area (Å²) in [6.45, 7) is -0.148. The molecule has 1 heterocycles. The van der Waals surface area contributed by atoms with Crippen LogP contribution in [-0.2, 0) is 13.2 Å². The first-order valence-electron chi connectivity index (χ1n) is 7.19. The number of amides is 1. The number of fused-ring (bicyclic) bond motifs is 1. The molecule has 0 saturated heterocycles. The fourth-order valence-corrected chi connectivity index (χ4v) is 2.39. The van der Waals surface area contributed by atoms with Gasteiger partial charge in [-0.3, -0.25) is 9.78 Å². The van der Waals surface area contributed by atoms with Crippen LogP contribution in [0, 0.1) is 5.82 Å². The highest BCUT2D eigenvalue weighted by atomic mass is 19.1. The zero-order chi connectivity index (χ0) is 16.2. The normalized spacial score (nSPS) is 10.7. The van der Waals surface area contributed by atoms with Gasteiger partial charge >= 0.3 is 0 Å². The lowest BCUT2D eigenvalue weighted by Crippen LogP contribution is -2.23. The van der Waals surface area contributed by atoms with E-state index in [1.165, 1.54) is 12.1 Å². The monoisotopic (exact) mass is 310 g/mol. The first-order chi connectivity index (χ1) is 11.2. The number of hydrogen-bond acceptors (Lipinski definition) is 3. The average molecular weight is 310 g/mol. The number of aliphatic hydroxyl groups excluding tert-OH is 1. The summed E-state index contributed by atoms with van der Waals surface area (Å²) in [6, 6.07) is 13.6. The minimum atomic E-state index is -0.480. The van der Waals surface area contributed by atoms with Gasteiger partial charge < -0.3 is 10.4 Å². The van der Waals surface area contributed by atoms with Crippen LogP contribution in [0.4, 0.5) is 4.39 Å². The highest BCUT2D eigenvalue weighted by molar-refractivity contribution is 6.05. The second-order valence-corrected chi connectivity index (χ2v) is 5.15. The van der Waals surface area contributed by atoms with E-state index in [4.69, 9.17) is 5.11 Å². The van der Waals surface area contributed by atoms with Crippen molar-refractivity contribution in [3.63, 3.8) is 0 Å². The number of pyridine rings is 1. The molecule has 2 N–H and O–H groups in total. The number of carbonyl (C=O) groups excluding carboxylic acids is 1. The summed E-state index contributed by atoms with van der Waals surface area (Å²) >= 11 is 0. The van der Waals surface area contributed by atoms with E-state index >= 15 is 0 Å². The van der Waals surface area contributed by atoms with Crippen LogP contribution in [0.3, 0.4) is 0 Å². The second kappa shape index (κ2) is 6.54. The van der Waals surface area contributed by atoms with Crippen molar-refractivity contribution >= 4 is 16.8 Å². The number of carbonyl (C=O) groups is 1. The van der Waals surface area contributed by atoms with Crippen LogP contribution in [0.15, 0.2) is 54.7 Å². The van der Waals surface area contributed by atoms with Gasteiger partial charge in [0, 0.05) is 23.7 Å². The molecule has 1 aromatic heterocycles. The summed E-state index contributed by atoms with van der Waals surface area (Å²) in [5.74, 6) is -0.744. The summed E-state index contributed by atoms with van der Waals surface area (Å²) in [6.07, 6.45) is 1.64. The van der Waals surface area contributed by atoms with Gasteiger partial charge in [-0.05, 0) is 23.8 Å². The number of hydrogen-bond donors (Lipinski definition) is 2. The predicted molar refractivity (Wildman–Crippen MR) is 85.2 cm³/mol. The smallest absolute Gasteiger partial charge is 0.253 e. The van der Waals surface area contributed by atoms with Crippen molar-refractivity contribution in [2.75, 3.05) is 0 Å². The molecular formula is C18H15FN2O2. The molecule has 0 aliphatic rings. The summed E-state index contributed by atoms with van der Waals surface area (Å²) < 4.78 is 13.6. The minimum absolute atomic E-state index is 0.199. The van der Waals surface area contributed by atoms with Crippen molar-refractivity contribution in [1.29, 1.82) is 0 Å². The Bertz CT molecular complexity index is 859. The summed E-state index contributed by atoms with van der Waals surface area (Å²) in [4.78, 5) is 16.6. The molecule has 0 bridgehead atoms. The van der Waals surface area contributed by atoms with Gasteiger partial charge in [0.05, 0.1) is 17.7 Å². The van der Waals surface area contributed by atoms with E-state index in [1.54, 1.807) is 24.4 Å². The number of aromatic nitrogens is 1. The Balaban J connectivity index is 1.78. The van der Waals surface area contributed by atoms with Crippen LogP contribution in [0.5, 0.6) is 0 Å². The molecule has 0 spiro atoms. The van der Waals surface area contributed by atoms with E-state index in [9.17, 15) is 9.18 Å². The first-order valence-corrected chi connectivity index (χ1v) is 7.19. The van der Waals surface area contributed by atoms with Gasteiger partial charge in [0.15, 0.2) is 0 Å². The lowest BCUT2D eigenvalue weighted by atomic mass is 10.1. The van der Waals surface area contributed by atoms with Crippen LogP contribution in [-0.4, -0.2) is 16.0 Å². The molecule has 3 rings (SSSR count). The van der Waals surface area contributed by atoms with Crippen LogP contribution in [0.1, 0.15) is 21.5 Å². The Labute approximate surface area is 132 Å². The number of para-hydroxylation sites is 1. The number of benzene rings is 2. The van der Waals surface area contributed by atoms with Gasteiger partial charge in [0.2, 0.25) is 0 Å². The van der Waals surface area contributed by atoms with E-state index in [0.29, 0.717) is 16.6 Å². The Kier molecular flexibility index (Phi) is 4.30. The molecule has 0 unspecified atom stereocenters. The molecule has 0 fully saturated rings. The predicted octanol–water partition coefficient (Wildman–Crippen LogP) is 2.80. The van der Waals surface area contributed by atoms with Gasteiger partial charge in [0.1, 0.15) is 5.82 Å². The molecule has 3 aromatic rings. The van der Waals surface area contributed by atoms with E-state index < -0.39 is 5.82 Å². The second-order valence-electron chi connectivity index (χ2n) is 5.15. The van der Waals surface area contributed by atoms with Crippen LogP contribution in [0.25, 0.3) is 10.9 Å². The Morgan fingerprint density at radius 3 is 2.78 bits per heavy atom. The number of aliphatic hydroxyl groups is 1. The van der Waals surface area contributed by atoms with Crippen molar-refractivity contribution in [1.82, 2.24) is 10.3 Å². The highest BCUT2D eigenvalue weighted by Gasteiger charge is 2.11. The number of nitrogens with zero attached hydrogens (tertiary/aromatic N) is 1. The first kappa shape index (κ1) is 15.1. The molecule has 23 heavy (non-hydrogen) atoms. The van der Waals surface area contributed by atoms with Gasteiger partial charge in [-0.15, -0.1) is 0 Å². The van der Waals surface area contributed by atoms with Crippen molar-refractivity contribution in [3.8, 4) is 0 Å². The standard InChI is InChI=1S/C18H15FN2O2/c19-16-9-12(6-7-14(16)11-22)10-21-18(23)15-5-1-3-13-4-2-8-20-17(13)15/h1-9,22H,10-11H2,(H,21,23). The Hall–Kier alpha value is -2.79. The maximum atomic E-state index is 13.6. The van der Waals surface area contributed by atoms with E-state index in [2.05, 4.69) is 10.3 Å². The minimum Gasteiger partial charge on any atom is -0.392 e. The number of nitrogens with one attached hydrogen (secondary N) is 1. The van der Waals surface area contributed by atoms with Crippen LogP contribution >= 0.6 is 0 Å². The van der Waals surface area contributed by atoms with E-state index in [0.717, 1.165) is 5.39 Å². The number of halogens is 1. The van der Waals surface area contributed by atoms with Crippen LogP contribution < -0.4 is 5.32 Å².